The van der Waals surface area contributed by atoms with Crippen molar-refractivity contribution < 1.29 is 4.79 Å². The van der Waals surface area contributed by atoms with Crippen LogP contribution in [-0.2, 0) is 4.79 Å². The van der Waals surface area contributed by atoms with Crippen molar-refractivity contribution in [3.8, 4) is 6.07 Å². The van der Waals surface area contributed by atoms with Gasteiger partial charge in [0.2, 0.25) is 5.91 Å². The van der Waals surface area contributed by atoms with Gasteiger partial charge < -0.3 is 10.6 Å². The van der Waals surface area contributed by atoms with Crippen LogP contribution in [0, 0.1) is 11.3 Å². The van der Waals surface area contributed by atoms with Crippen LogP contribution in [0.3, 0.4) is 0 Å². The minimum absolute atomic E-state index is 0.160. The maximum absolute atomic E-state index is 11.7. The average Bonchev–Trinajstić information content (AvgIpc) is 2.99. The molecule has 0 radical (unpaired) electrons. The summed E-state index contributed by atoms with van der Waals surface area (Å²) in [7, 11) is 0. The quantitative estimate of drug-likeness (QED) is 0.675. The molecular weight excluding hydrogens is 178 g/mol. The molecular formula is C10H17N3O. The molecule has 0 aromatic heterocycles. The first-order valence-electron chi connectivity index (χ1n) is 5.16. The van der Waals surface area contributed by atoms with Crippen molar-refractivity contribution in [3.63, 3.8) is 0 Å². The SMILES string of the molecule is N#CCCN(C(=O)CCCN)C1CC1. The Morgan fingerprint density at radius 2 is 2.29 bits per heavy atom. The van der Waals surface area contributed by atoms with Crippen LogP contribution in [-0.4, -0.2) is 29.9 Å². The average molecular weight is 195 g/mol. The Morgan fingerprint density at radius 1 is 1.57 bits per heavy atom. The normalized spacial score (nSPS) is 14.9. The third kappa shape index (κ3) is 3.35. The van der Waals surface area contributed by atoms with Crippen molar-refractivity contribution >= 4 is 5.91 Å². The molecule has 78 valence electrons. The minimum Gasteiger partial charge on any atom is -0.339 e. The molecule has 1 rings (SSSR count). The van der Waals surface area contributed by atoms with Gasteiger partial charge >= 0.3 is 0 Å². The number of nitriles is 1. The van der Waals surface area contributed by atoms with Gasteiger partial charge in [-0.25, -0.2) is 0 Å². The smallest absolute Gasteiger partial charge is 0.222 e. The van der Waals surface area contributed by atoms with Crippen LogP contribution in [0.15, 0.2) is 0 Å². The van der Waals surface area contributed by atoms with E-state index in [1.165, 1.54) is 0 Å². The summed E-state index contributed by atoms with van der Waals surface area (Å²) in [6.45, 7) is 1.15. The fraction of sp³-hybridized carbons (Fsp3) is 0.800. The summed E-state index contributed by atoms with van der Waals surface area (Å²) in [5.41, 5.74) is 5.35. The molecule has 0 unspecified atom stereocenters. The highest BCUT2D eigenvalue weighted by Gasteiger charge is 2.31. The first-order chi connectivity index (χ1) is 6.79. The van der Waals surface area contributed by atoms with Crippen molar-refractivity contribution in [1.29, 1.82) is 5.26 Å². The number of hydrogen-bond acceptors (Lipinski definition) is 3. The Hall–Kier alpha value is -1.08. The maximum Gasteiger partial charge on any atom is 0.222 e. The second-order valence-corrected chi connectivity index (χ2v) is 3.62. The van der Waals surface area contributed by atoms with Crippen LogP contribution in [0.2, 0.25) is 0 Å². The molecule has 0 aliphatic heterocycles. The number of carbonyl (C=O) groups is 1. The van der Waals surface area contributed by atoms with Gasteiger partial charge in [-0.05, 0) is 25.8 Å². The second-order valence-electron chi connectivity index (χ2n) is 3.62. The third-order valence-electron chi connectivity index (χ3n) is 2.37. The summed E-state index contributed by atoms with van der Waals surface area (Å²) in [6, 6.07) is 2.48. The van der Waals surface area contributed by atoms with Gasteiger partial charge in [-0.1, -0.05) is 0 Å². The summed E-state index contributed by atoms with van der Waals surface area (Å²) < 4.78 is 0. The van der Waals surface area contributed by atoms with Crippen LogP contribution >= 0.6 is 0 Å². The first kappa shape index (κ1) is 11.0. The van der Waals surface area contributed by atoms with E-state index >= 15 is 0 Å². The number of nitrogens with zero attached hydrogens (tertiary/aromatic N) is 2. The first-order valence-corrected chi connectivity index (χ1v) is 5.16. The van der Waals surface area contributed by atoms with Gasteiger partial charge in [0.25, 0.3) is 0 Å². The predicted octanol–water partition coefficient (Wildman–Crippen LogP) is 0.630. The zero-order valence-electron chi connectivity index (χ0n) is 8.41. The van der Waals surface area contributed by atoms with Gasteiger partial charge in [-0.15, -0.1) is 0 Å². The molecule has 0 spiro atoms. The van der Waals surface area contributed by atoms with E-state index in [-0.39, 0.29) is 5.91 Å². The third-order valence-corrected chi connectivity index (χ3v) is 2.37. The Bertz CT molecular complexity index is 230. The molecule has 4 nitrogen and oxygen atoms in total. The van der Waals surface area contributed by atoms with Crippen LogP contribution in [0.1, 0.15) is 32.1 Å². The molecule has 1 aliphatic rings. The molecule has 1 aliphatic carbocycles. The Balaban J connectivity index is 2.33. The molecule has 1 saturated carbocycles. The van der Waals surface area contributed by atoms with Gasteiger partial charge in [0, 0.05) is 19.0 Å². The van der Waals surface area contributed by atoms with Gasteiger partial charge in [-0.3, -0.25) is 4.79 Å². The molecule has 4 heteroatoms. The standard InChI is InChI=1S/C10H17N3O/c11-6-1-3-10(14)13(8-2-7-12)9-4-5-9/h9H,1-6,8,11H2. The molecule has 0 aromatic rings. The van der Waals surface area contributed by atoms with Crippen molar-refractivity contribution in [2.24, 2.45) is 5.73 Å². The molecule has 0 aromatic carbocycles. The van der Waals surface area contributed by atoms with E-state index in [4.69, 9.17) is 11.0 Å². The van der Waals surface area contributed by atoms with Crippen LogP contribution < -0.4 is 5.73 Å². The minimum atomic E-state index is 0.160. The van der Waals surface area contributed by atoms with E-state index in [0.717, 1.165) is 19.3 Å². The summed E-state index contributed by atoms with van der Waals surface area (Å²) >= 11 is 0. The van der Waals surface area contributed by atoms with Crippen molar-refractivity contribution in [2.75, 3.05) is 13.1 Å². The molecule has 0 heterocycles. The molecule has 0 bridgehead atoms. The van der Waals surface area contributed by atoms with E-state index in [1.807, 2.05) is 4.90 Å². The fourth-order valence-electron chi connectivity index (χ4n) is 1.46. The number of hydrogen-bond donors (Lipinski definition) is 1. The van der Waals surface area contributed by atoms with Crippen LogP contribution in [0.25, 0.3) is 0 Å². The Morgan fingerprint density at radius 3 is 2.79 bits per heavy atom. The summed E-state index contributed by atoms with van der Waals surface area (Å²) in [5.74, 6) is 0.160. The fourth-order valence-corrected chi connectivity index (χ4v) is 1.46. The van der Waals surface area contributed by atoms with Gasteiger partial charge in [0.05, 0.1) is 12.5 Å². The monoisotopic (exact) mass is 195 g/mol. The zero-order chi connectivity index (χ0) is 10.4. The van der Waals surface area contributed by atoms with Crippen molar-refractivity contribution in [1.82, 2.24) is 4.90 Å². The van der Waals surface area contributed by atoms with Gasteiger partial charge in [0.1, 0.15) is 0 Å². The lowest BCUT2D eigenvalue weighted by Gasteiger charge is -2.20. The second kappa shape index (κ2) is 5.61. The summed E-state index contributed by atoms with van der Waals surface area (Å²) in [5, 5.41) is 8.47. The molecule has 1 amide bonds. The topological polar surface area (TPSA) is 70.1 Å². The van der Waals surface area contributed by atoms with E-state index < -0.39 is 0 Å². The lowest BCUT2D eigenvalue weighted by molar-refractivity contribution is -0.131. The number of carbonyl (C=O) groups excluding carboxylic acids is 1. The lowest BCUT2D eigenvalue weighted by atomic mass is 10.2. The number of amides is 1. The van der Waals surface area contributed by atoms with Gasteiger partial charge in [-0.2, -0.15) is 5.26 Å². The van der Waals surface area contributed by atoms with E-state index in [0.29, 0.717) is 32.0 Å². The van der Waals surface area contributed by atoms with E-state index in [2.05, 4.69) is 6.07 Å². The highest BCUT2D eigenvalue weighted by Crippen LogP contribution is 2.27. The van der Waals surface area contributed by atoms with E-state index in [1.54, 1.807) is 0 Å². The maximum atomic E-state index is 11.7. The predicted molar refractivity (Wildman–Crippen MR) is 53.3 cm³/mol. The highest BCUT2D eigenvalue weighted by molar-refractivity contribution is 5.76. The molecule has 2 N–H and O–H groups in total. The summed E-state index contributed by atoms with van der Waals surface area (Å²) in [6.07, 6.45) is 3.90. The lowest BCUT2D eigenvalue weighted by Crippen LogP contribution is -2.34. The zero-order valence-corrected chi connectivity index (χ0v) is 8.41. The molecule has 14 heavy (non-hydrogen) atoms. The van der Waals surface area contributed by atoms with Gasteiger partial charge in [0.15, 0.2) is 0 Å². The van der Waals surface area contributed by atoms with Crippen molar-refractivity contribution in [2.45, 2.75) is 38.1 Å². The van der Waals surface area contributed by atoms with E-state index in [9.17, 15) is 4.79 Å². The number of nitrogens with two attached hydrogens (primary N) is 1. The summed E-state index contributed by atoms with van der Waals surface area (Å²) in [4.78, 5) is 13.5. The molecule has 0 atom stereocenters. The van der Waals surface area contributed by atoms with Crippen LogP contribution in [0.5, 0.6) is 0 Å². The van der Waals surface area contributed by atoms with Crippen molar-refractivity contribution in [3.05, 3.63) is 0 Å². The Labute approximate surface area is 84.7 Å². The highest BCUT2D eigenvalue weighted by atomic mass is 16.2. The molecule has 1 fully saturated rings. The number of rotatable bonds is 6. The molecule has 0 saturated heterocycles. The Kier molecular flexibility index (Phi) is 4.41. The largest absolute Gasteiger partial charge is 0.339 e. The van der Waals surface area contributed by atoms with Crippen LogP contribution in [0.4, 0.5) is 0 Å².